The lowest BCUT2D eigenvalue weighted by atomic mass is 9.72. The fourth-order valence-electron chi connectivity index (χ4n) is 5.24. The molecule has 1 N–H and O–H groups in total. The number of fused-ring (bicyclic) bond motifs is 2. The van der Waals surface area contributed by atoms with Gasteiger partial charge in [0.15, 0.2) is 0 Å². The second-order valence-electron chi connectivity index (χ2n) is 11.4. The van der Waals surface area contributed by atoms with Crippen LogP contribution in [0.15, 0.2) is 71.7 Å². The number of benzene rings is 3. The summed E-state index contributed by atoms with van der Waals surface area (Å²) in [6, 6.07) is 22.0. The van der Waals surface area contributed by atoms with Crippen LogP contribution in [0.1, 0.15) is 67.4 Å². The highest BCUT2D eigenvalue weighted by Gasteiger charge is 2.33. The van der Waals surface area contributed by atoms with Crippen LogP contribution in [0, 0.1) is 11.3 Å². The molecule has 5 rings (SSSR count). The van der Waals surface area contributed by atoms with Gasteiger partial charge in [-0.1, -0.05) is 69.3 Å². The minimum Gasteiger partial charge on any atom is -0.490 e. The van der Waals surface area contributed by atoms with Crippen molar-refractivity contribution in [3.05, 3.63) is 88.3 Å². The topological polar surface area (TPSA) is 50.7 Å². The molecule has 1 aliphatic carbocycles. The van der Waals surface area contributed by atoms with Gasteiger partial charge in [0.2, 0.25) is 0 Å². The molecule has 196 valence electrons. The maximum absolute atomic E-state index is 13.7. The Morgan fingerprint density at radius 3 is 2.53 bits per heavy atom. The molecule has 0 saturated heterocycles. The summed E-state index contributed by atoms with van der Waals surface area (Å²) in [5.41, 5.74) is 3.82. The van der Waals surface area contributed by atoms with Crippen molar-refractivity contribution in [1.82, 2.24) is 0 Å². The molecule has 1 aliphatic rings. The quantitative estimate of drug-likeness (QED) is 0.256. The molecule has 0 aliphatic heterocycles. The smallest absolute Gasteiger partial charge is 0.259 e. The lowest BCUT2D eigenvalue weighted by Crippen LogP contribution is -2.27. The average Bonchev–Trinajstić information content (AvgIpc) is 3.25. The summed E-state index contributed by atoms with van der Waals surface area (Å²) in [6.45, 7) is 11.0. The summed E-state index contributed by atoms with van der Waals surface area (Å²) in [5, 5.41) is 6.09. The first-order valence-electron chi connectivity index (χ1n) is 13.4. The minimum atomic E-state index is -0.0911. The molecular formula is C33H36N2O2S. The Kier molecular flexibility index (Phi) is 7.40. The maximum atomic E-state index is 13.7. The third-order valence-corrected chi connectivity index (χ3v) is 8.50. The third kappa shape index (κ3) is 5.53. The van der Waals surface area contributed by atoms with Crippen molar-refractivity contribution >= 4 is 44.9 Å². The first-order valence-corrected chi connectivity index (χ1v) is 14.3. The molecule has 0 spiro atoms. The number of carbonyl (C=O) groups excluding carboxylic acids is 1. The molecule has 5 heteroatoms. The Labute approximate surface area is 229 Å². The summed E-state index contributed by atoms with van der Waals surface area (Å²) in [7, 11) is 0. The highest BCUT2D eigenvalue weighted by molar-refractivity contribution is 7.16. The van der Waals surface area contributed by atoms with Gasteiger partial charge in [0.1, 0.15) is 10.8 Å². The van der Waals surface area contributed by atoms with Gasteiger partial charge in [-0.2, -0.15) is 0 Å². The second kappa shape index (κ2) is 10.7. The van der Waals surface area contributed by atoms with Gasteiger partial charge < -0.3 is 10.1 Å². The van der Waals surface area contributed by atoms with E-state index in [1.807, 2.05) is 68.6 Å². The van der Waals surface area contributed by atoms with E-state index in [4.69, 9.17) is 9.73 Å². The summed E-state index contributed by atoms with van der Waals surface area (Å²) in [4.78, 5) is 20.0. The van der Waals surface area contributed by atoms with Gasteiger partial charge in [0.05, 0.1) is 11.7 Å². The zero-order valence-electron chi connectivity index (χ0n) is 22.9. The van der Waals surface area contributed by atoms with E-state index >= 15 is 0 Å². The first-order chi connectivity index (χ1) is 18.2. The molecule has 1 heterocycles. The Bertz CT molecular complexity index is 1480. The second-order valence-corrected chi connectivity index (χ2v) is 12.5. The van der Waals surface area contributed by atoms with Crippen LogP contribution in [0.5, 0.6) is 5.75 Å². The predicted molar refractivity (Wildman–Crippen MR) is 161 cm³/mol. The van der Waals surface area contributed by atoms with E-state index in [9.17, 15) is 4.79 Å². The Balaban J connectivity index is 1.59. The molecule has 1 amide bonds. The van der Waals surface area contributed by atoms with Gasteiger partial charge in [0, 0.05) is 22.3 Å². The highest BCUT2D eigenvalue weighted by atomic mass is 32.1. The number of ether oxygens (including phenoxy) is 1. The van der Waals surface area contributed by atoms with Crippen LogP contribution < -0.4 is 10.1 Å². The molecule has 0 bridgehead atoms. The van der Waals surface area contributed by atoms with Crippen LogP contribution in [-0.2, 0) is 12.8 Å². The molecule has 0 fully saturated rings. The van der Waals surface area contributed by atoms with Crippen LogP contribution in [0.2, 0.25) is 0 Å². The van der Waals surface area contributed by atoms with Crippen molar-refractivity contribution in [1.29, 1.82) is 0 Å². The largest absolute Gasteiger partial charge is 0.490 e. The summed E-state index contributed by atoms with van der Waals surface area (Å²) in [6.07, 6.45) is 4.89. The molecule has 4 aromatic rings. The van der Waals surface area contributed by atoms with E-state index < -0.39 is 0 Å². The number of aliphatic imine (C=N–C) groups is 1. The molecule has 0 saturated carbocycles. The Hall–Kier alpha value is -3.44. The maximum Gasteiger partial charge on any atom is 0.259 e. The van der Waals surface area contributed by atoms with Crippen LogP contribution in [0.4, 0.5) is 10.7 Å². The minimum absolute atomic E-state index is 0.0407. The molecule has 1 aromatic heterocycles. The molecule has 38 heavy (non-hydrogen) atoms. The molecule has 4 nitrogen and oxygen atoms in total. The number of rotatable bonds is 6. The number of nitrogens with one attached hydrogen (secondary N) is 1. The Morgan fingerprint density at radius 2 is 1.79 bits per heavy atom. The highest BCUT2D eigenvalue weighted by Crippen LogP contribution is 2.45. The normalized spacial score (nSPS) is 15.7. The SMILES string of the molecule is CC(C)Oc1ccc2ccccc2c1C=Nc1sc2c(c1C(=O)Nc1ccccc1)CC[C@@H](C(C)(C)C)C2. The summed E-state index contributed by atoms with van der Waals surface area (Å²) >= 11 is 1.67. The van der Waals surface area contributed by atoms with E-state index in [-0.39, 0.29) is 17.4 Å². The van der Waals surface area contributed by atoms with E-state index in [0.717, 1.165) is 57.6 Å². The van der Waals surface area contributed by atoms with E-state index in [2.05, 4.69) is 44.3 Å². The van der Waals surface area contributed by atoms with E-state index in [0.29, 0.717) is 11.5 Å². The number of thiophene rings is 1. The van der Waals surface area contributed by atoms with Crippen molar-refractivity contribution in [2.45, 2.75) is 60.0 Å². The third-order valence-electron chi connectivity index (χ3n) is 7.33. The van der Waals surface area contributed by atoms with Crippen molar-refractivity contribution in [3.63, 3.8) is 0 Å². The van der Waals surface area contributed by atoms with Crippen molar-refractivity contribution < 1.29 is 9.53 Å². The predicted octanol–water partition coefficient (Wildman–Crippen LogP) is 8.84. The number of anilines is 1. The van der Waals surface area contributed by atoms with Crippen molar-refractivity contribution in [3.8, 4) is 5.75 Å². The van der Waals surface area contributed by atoms with Crippen LogP contribution in [0.25, 0.3) is 10.8 Å². The van der Waals surface area contributed by atoms with Gasteiger partial charge >= 0.3 is 0 Å². The summed E-state index contributed by atoms with van der Waals surface area (Å²) in [5.74, 6) is 1.29. The van der Waals surface area contributed by atoms with E-state index in [1.54, 1.807) is 11.3 Å². The van der Waals surface area contributed by atoms with Crippen molar-refractivity contribution in [2.75, 3.05) is 5.32 Å². The monoisotopic (exact) mass is 524 g/mol. The average molecular weight is 525 g/mol. The van der Waals surface area contributed by atoms with Crippen LogP contribution in [0.3, 0.4) is 0 Å². The van der Waals surface area contributed by atoms with E-state index in [1.165, 1.54) is 4.88 Å². The fourth-order valence-corrected chi connectivity index (χ4v) is 6.51. The van der Waals surface area contributed by atoms with Gasteiger partial charge in [0.25, 0.3) is 5.91 Å². The fraction of sp³-hybridized carbons (Fsp3) is 0.333. The zero-order chi connectivity index (χ0) is 26.9. The lowest BCUT2D eigenvalue weighted by Gasteiger charge is -2.33. The first kappa shape index (κ1) is 26.2. The lowest BCUT2D eigenvalue weighted by molar-refractivity contribution is 0.102. The summed E-state index contributed by atoms with van der Waals surface area (Å²) < 4.78 is 6.16. The number of amides is 1. The molecule has 0 radical (unpaired) electrons. The van der Waals surface area contributed by atoms with Gasteiger partial charge in [-0.25, -0.2) is 4.99 Å². The van der Waals surface area contributed by atoms with Gasteiger partial charge in [-0.3, -0.25) is 4.79 Å². The number of nitrogens with zero attached hydrogens (tertiary/aromatic N) is 1. The van der Waals surface area contributed by atoms with Crippen LogP contribution >= 0.6 is 11.3 Å². The molecule has 0 unspecified atom stereocenters. The zero-order valence-corrected chi connectivity index (χ0v) is 23.7. The number of hydrogen-bond donors (Lipinski definition) is 1. The number of hydrogen-bond acceptors (Lipinski definition) is 4. The molecular weight excluding hydrogens is 488 g/mol. The molecule has 3 aromatic carbocycles. The van der Waals surface area contributed by atoms with Crippen molar-refractivity contribution in [2.24, 2.45) is 16.3 Å². The van der Waals surface area contributed by atoms with Gasteiger partial charge in [-0.15, -0.1) is 11.3 Å². The Morgan fingerprint density at radius 1 is 1.05 bits per heavy atom. The number of para-hydroxylation sites is 1. The molecule has 1 atom stereocenters. The standard InChI is InChI=1S/C33H36N2O2S/c1-21(2)37-28-18-15-22-11-9-10-14-25(22)27(28)20-34-32-30(31(36)35-24-12-7-6-8-13-24)26-17-16-23(33(3,4)5)19-29(26)38-32/h6-15,18,20-21,23H,16-17,19H2,1-5H3,(H,35,36)/t23-/m1/s1. The van der Waals surface area contributed by atoms with Gasteiger partial charge in [-0.05, 0) is 79.0 Å². The number of carbonyl (C=O) groups is 1. The van der Waals surface area contributed by atoms with Crippen LogP contribution in [-0.4, -0.2) is 18.2 Å².